The van der Waals surface area contributed by atoms with Gasteiger partial charge in [-0.15, -0.1) is 0 Å². The molecule has 198 valence electrons. The molecule has 0 heterocycles. The van der Waals surface area contributed by atoms with Crippen LogP contribution in [0, 0.1) is 0 Å². The van der Waals surface area contributed by atoms with Gasteiger partial charge < -0.3 is 42.7 Å². The van der Waals surface area contributed by atoms with Crippen LogP contribution >= 0.6 is 0 Å². The topological polar surface area (TPSA) is 251 Å². The van der Waals surface area contributed by atoms with Crippen molar-refractivity contribution < 1.29 is 44.1 Å². The highest BCUT2D eigenvalue weighted by Gasteiger charge is 2.33. The van der Waals surface area contributed by atoms with Crippen LogP contribution in [0.1, 0.15) is 31.7 Å². The fourth-order valence-corrected chi connectivity index (χ4v) is 3.06. The van der Waals surface area contributed by atoms with Crippen LogP contribution in [0.2, 0.25) is 0 Å². The molecule has 36 heavy (non-hydrogen) atoms. The Morgan fingerprint density at radius 3 is 1.97 bits per heavy atom. The van der Waals surface area contributed by atoms with Gasteiger partial charge in [0.25, 0.3) is 0 Å². The molecule has 0 spiro atoms. The minimum Gasteiger partial charge on any atom is -0.481 e. The molecule has 5 atom stereocenters. The van der Waals surface area contributed by atoms with Gasteiger partial charge in [-0.1, -0.05) is 30.3 Å². The third kappa shape index (κ3) is 10.5. The fraction of sp³-hybridized carbons (Fsp3) is 0.455. The standard InChI is InChI=1S/C22H31N5O9/c1-11(28)18(27-19(32)13(23)7-8-16(24)29)21(34)25-14(9-12-5-3-2-4-6-12)20(33)26-15(22(35)36)10-17(30)31/h2-6,11,13-15,18,28H,7-10,23H2,1H3,(H2,24,29)(H,25,34)(H,26,33)(H,27,32)(H,30,31)(H,35,36). The van der Waals surface area contributed by atoms with Crippen molar-refractivity contribution >= 4 is 35.6 Å². The second kappa shape index (κ2) is 14.4. The van der Waals surface area contributed by atoms with Crippen LogP contribution in [-0.4, -0.2) is 81.2 Å². The second-order valence-electron chi connectivity index (χ2n) is 8.09. The number of rotatable bonds is 15. The van der Waals surface area contributed by atoms with Gasteiger partial charge in [0, 0.05) is 12.8 Å². The van der Waals surface area contributed by atoms with Crippen molar-refractivity contribution in [3.05, 3.63) is 35.9 Å². The van der Waals surface area contributed by atoms with Gasteiger partial charge in [0.1, 0.15) is 18.1 Å². The maximum absolute atomic E-state index is 12.9. The maximum atomic E-state index is 12.9. The Bertz CT molecular complexity index is 954. The first-order valence-corrected chi connectivity index (χ1v) is 10.9. The van der Waals surface area contributed by atoms with E-state index in [1.807, 2.05) is 0 Å². The molecular formula is C22H31N5O9. The van der Waals surface area contributed by atoms with Gasteiger partial charge in [0.05, 0.1) is 18.6 Å². The molecule has 0 aliphatic heterocycles. The lowest BCUT2D eigenvalue weighted by Gasteiger charge is -2.26. The zero-order chi connectivity index (χ0) is 27.4. The van der Waals surface area contributed by atoms with Gasteiger partial charge in [-0.05, 0) is 18.9 Å². The number of hydrogen-bond donors (Lipinski definition) is 8. The van der Waals surface area contributed by atoms with E-state index in [9.17, 15) is 39.0 Å². The van der Waals surface area contributed by atoms with Crippen LogP contribution in [0.5, 0.6) is 0 Å². The Labute approximate surface area is 206 Å². The number of carboxylic acids is 2. The highest BCUT2D eigenvalue weighted by Crippen LogP contribution is 2.07. The summed E-state index contributed by atoms with van der Waals surface area (Å²) in [4.78, 5) is 71.3. The molecule has 1 aromatic rings. The summed E-state index contributed by atoms with van der Waals surface area (Å²) in [6, 6.07) is 2.42. The van der Waals surface area contributed by atoms with Crippen LogP contribution in [0.15, 0.2) is 30.3 Å². The number of aliphatic hydroxyl groups is 1. The van der Waals surface area contributed by atoms with E-state index in [0.29, 0.717) is 5.56 Å². The smallest absolute Gasteiger partial charge is 0.326 e. The van der Waals surface area contributed by atoms with E-state index in [4.69, 9.17) is 16.6 Å². The highest BCUT2D eigenvalue weighted by molar-refractivity contribution is 5.95. The number of aliphatic hydroxyl groups excluding tert-OH is 1. The summed E-state index contributed by atoms with van der Waals surface area (Å²) in [5, 5.41) is 34.9. The minimum atomic E-state index is -1.76. The zero-order valence-corrected chi connectivity index (χ0v) is 19.5. The molecule has 0 saturated carbocycles. The number of carbonyl (C=O) groups excluding carboxylic acids is 4. The lowest BCUT2D eigenvalue weighted by Crippen LogP contribution is -2.60. The van der Waals surface area contributed by atoms with E-state index < -0.39 is 72.3 Å². The normalized spacial score (nSPS) is 14.9. The van der Waals surface area contributed by atoms with Gasteiger partial charge in [0.15, 0.2) is 0 Å². The second-order valence-corrected chi connectivity index (χ2v) is 8.09. The number of amides is 4. The van der Waals surface area contributed by atoms with Crippen molar-refractivity contribution in [1.29, 1.82) is 0 Å². The van der Waals surface area contributed by atoms with Gasteiger partial charge in [0.2, 0.25) is 23.6 Å². The first-order chi connectivity index (χ1) is 16.8. The highest BCUT2D eigenvalue weighted by atomic mass is 16.4. The predicted octanol–water partition coefficient (Wildman–Crippen LogP) is -2.78. The van der Waals surface area contributed by atoms with Crippen LogP contribution < -0.4 is 27.4 Å². The molecule has 1 rings (SSSR count). The number of nitrogens with two attached hydrogens (primary N) is 2. The quantitative estimate of drug-likeness (QED) is 0.121. The molecule has 0 aliphatic rings. The Balaban J connectivity index is 3.07. The van der Waals surface area contributed by atoms with Gasteiger partial charge in [-0.3, -0.25) is 24.0 Å². The molecule has 1 aromatic carbocycles. The molecule has 0 saturated heterocycles. The molecule has 14 heteroatoms. The lowest BCUT2D eigenvalue weighted by molar-refractivity contribution is -0.147. The molecule has 5 unspecified atom stereocenters. The van der Waals surface area contributed by atoms with Crippen molar-refractivity contribution in [2.75, 3.05) is 0 Å². The monoisotopic (exact) mass is 509 g/mol. The van der Waals surface area contributed by atoms with E-state index in [1.54, 1.807) is 30.3 Å². The van der Waals surface area contributed by atoms with Gasteiger partial charge in [-0.2, -0.15) is 0 Å². The summed E-state index contributed by atoms with van der Waals surface area (Å²) < 4.78 is 0. The fourth-order valence-electron chi connectivity index (χ4n) is 3.06. The van der Waals surface area contributed by atoms with E-state index in [0.717, 1.165) is 0 Å². The number of nitrogens with one attached hydrogen (secondary N) is 3. The molecule has 0 fully saturated rings. The van der Waals surface area contributed by atoms with E-state index in [-0.39, 0.29) is 19.3 Å². The summed E-state index contributed by atoms with van der Waals surface area (Å²) in [5.41, 5.74) is 11.3. The minimum absolute atomic E-state index is 0.103. The zero-order valence-electron chi connectivity index (χ0n) is 19.5. The maximum Gasteiger partial charge on any atom is 0.326 e. The molecule has 14 nitrogen and oxygen atoms in total. The molecule has 4 amide bonds. The van der Waals surface area contributed by atoms with E-state index >= 15 is 0 Å². The first kappa shape index (κ1) is 30.0. The Kier molecular flexibility index (Phi) is 12.0. The number of carbonyl (C=O) groups is 6. The van der Waals surface area contributed by atoms with Gasteiger partial charge in [-0.25, -0.2) is 4.79 Å². The van der Waals surface area contributed by atoms with Crippen LogP contribution in [0.25, 0.3) is 0 Å². The van der Waals surface area contributed by atoms with Crippen molar-refractivity contribution in [2.45, 2.75) is 62.9 Å². The summed E-state index contributed by atoms with van der Waals surface area (Å²) in [7, 11) is 0. The number of aliphatic carboxylic acids is 2. The molecule has 0 bridgehead atoms. The van der Waals surface area contributed by atoms with Crippen LogP contribution in [0.4, 0.5) is 0 Å². The predicted molar refractivity (Wildman–Crippen MR) is 124 cm³/mol. The largest absolute Gasteiger partial charge is 0.481 e. The van der Waals surface area contributed by atoms with E-state index in [2.05, 4.69) is 16.0 Å². The van der Waals surface area contributed by atoms with Crippen molar-refractivity contribution in [3.8, 4) is 0 Å². The van der Waals surface area contributed by atoms with Crippen molar-refractivity contribution in [1.82, 2.24) is 16.0 Å². The number of carboxylic acid groups (broad SMARTS) is 2. The van der Waals surface area contributed by atoms with Crippen LogP contribution in [0.3, 0.4) is 0 Å². The number of benzene rings is 1. The summed E-state index contributed by atoms with van der Waals surface area (Å²) in [6.45, 7) is 1.21. The average Bonchev–Trinajstić information content (AvgIpc) is 2.79. The molecule has 0 radical (unpaired) electrons. The molecule has 10 N–H and O–H groups in total. The average molecular weight is 510 g/mol. The SMILES string of the molecule is CC(O)C(NC(=O)C(N)CCC(N)=O)C(=O)NC(Cc1ccccc1)C(=O)NC(CC(=O)O)C(=O)O. The van der Waals surface area contributed by atoms with Crippen molar-refractivity contribution in [2.24, 2.45) is 11.5 Å². The first-order valence-electron chi connectivity index (χ1n) is 10.9. The van der Waals surface area contributed by atoms with Gasteiger partial charge >= 0.3 is 11.9 Å². The summed E-state index contributed by atoms with van der Waals surface area (Å²) in [6.07, 6.45) is -2.73. The third-order valence-corrected chi connectivity index (χ3v) is 5.01. The summed E-state index contributed by atoms with van der Waals surface area (Å²) in [5.74, 6) is -6.56. The Morgan fingerprint density at radius 1 is 0.889 bits per heavy atom. The van der Waals surface area contributed by atoms with Crippen molar-refractivity contribution in [3.63, 3.8) is 0 Å². The summed E-state index contributed by atoms with van der Waals surface area (Å²) >= 11 is 0. The number of primary amides is 1. The molecule has 0 aromatic heterocycles. The number of hydrogen-bond acceptors (Lipinski definition) is 8. The lowest BCUT2D eigenvalue weighted by atomic mass is 10.0. The van der Waals surface area contributed by atoms with Crippen LogP contribution in [-0.2, 0) is 35.2 Å². The third-order valence-electron chi connectivity index (χ3n) is 5.01. The molecular weight excluding hydrogens is 478 g/mol. The Hall–Kier alpha value is -4.04. The molecule has 0 aliphatic carbocycles. The van der Waals surface area contributed by atoms with E-state index in [1.165, 1.54) is 6.92 Å². The Morgan fingerprint density at radius 2 is 1.47 bits per heavy atom.